The third-order valence-electron chi connectivity index (χ3n) is 4.21. The normalized spacial score (nSPS) is 30.6. The predicted octanol–water partition coefficient (Wildman–Crippen LogP) is 0.541. The second-order valence-electron chi connectivity index (χ2n) is 5.68. The Bertz CT molecular complexity index is 561. The van der Waals surface area contributed by atoms with Crippen molar-refractivity contribution < 1.29 is 13.2 Å². The van der Waals surface area contributed by atoms with E-state index in [-0.39, 0.29) is 12.0 Å². The van der Waals surface area contributed by atoms with Crippen molar-refractivity contribution in [2.75, 3.05) is 33.3 Å². The van der Waals surface area contributed by atoms with Crippen molar-refractivity contribution in [3.63, 3.8) is 0 Å². The van der Waals surface area contributed by atoms with Gasteiger partial charge in [-0.3, -0.25) is 0 Å². The molecule has 3 atom stereocenters. The fourth-order valence-electron chi connectivity index (χ4n) is 3.10. The molecule has 1 N–H and O–H groups in total. The van der Waals surface area contributed by atoms with Gasteiger partial charge in [0, 0.05) is 31.5 Å². The van der Waals surface area contributed by atoms with Crippen molar-refractivity contribution >= 4 is 10.0 Å². The highest BCUT2D eigenvalue weighted by molar-refractivity contribution is 7.89. The van der Waals surface area contributed by atoms with Crippen molar-refractivity contribution in [1.82, 2.24) is 9.62 Å². The van der Waals surface area contributed by atoms with Crippen molar-refractivity contribution in [3.8, 4) is 0 Å². The molecule has 110 valence electrons. The average Bonchev–Trinajstić information content (AvgIpc) is 2.97. The molecule has 0 unspecified atom stereocenters. The number of likely N-dealkylation sites (N-methyl/N-ethyl adjacent to an activating group) is 1. The number of hydrogen-bond donors (Lipinski definition) is 1. The Balaban J connectivity index is 1.63. The van der Waals surface area contributed by atoms with Gasteiger partial charge in [-0.05, 0) is 19.2 Å². The predicted molar refractivity (Wildman–Crippen MR) is 75.8 cm³/mol. The van der Waals surface area contributed by atoms with Gasteiger partial charge in [0.2, 0.25) is 10.0 Å². The largest absolute Gasteiger partial charge is 0.376 e. The first-order valence-electron chi connectivity index (χ1n) is 6.91. The standard InChI is InChI=1S/C14H20N2O3S/c1-16-8-13-11(10-19-14(13)9-16)7-15-20(17,18)12-5-3-2-4-6-12/h2-6,11,13-15H,7-10H2,1H3/t11-,13-,14-/m0/s1. The van der Waals surface area contributed by atoms with E-state index in [2.05, 4.69) is 16.7 Å². The van der Waals surface area contributed by atoms with Gasteiger partial charge >= 0.3 is 0 Å². The van der Waals surface area contributed by atoms with E-state index in [9.17, 15) is 8.42 Å². The maximum absolute atomic E-state index is 12.2. The maximum Gasteiger partial charge on any atom is 0.240 e. The van der Waals surface area contributed by atoms with E-state index in [1.165, 1.54) is 0 Å². The van der Waals surface area contributed by atoms with E-state index in [0.717, 1.165) is 13.1 Å². The van der Waals surface area contributed by atoms with E-state index in [0.29, 0.717) is 24.0 Å². The van der Waals surface area contributed by atoms with Crippen LogP contribution in [0.25, 0.3) is 0 Å². The summed E-state index contributed by atoms with van der Waals surface area (Å²) in [5.41, 5.74) is 0. The molecule has 1 aromatic rings. The number of rotatable bonds is 4. The van der Waals surface area contributed by atoms with Crippen LogP contribution in [0, 0.1) is 11.8 Å². The SMILES string of the molecule is CN1C[C@H]2[C@@H](CNS(=O)(=O)c3ccccc3)CO[C@H]2C1. The Labute approximate surface area is 120 Å². The van der Waals surface area contributed by atoms with Crippen LogP contribution in [0.5, 0.6) is 0 Å². The molecule has 2 aliphatic heterocycles. The molecule has 2 aliphatic rings. The summed E-state index contributed by atoms with van der Waals surface area (Å²) in [6, 6.07) is 8.49. The molecule has 5 nitrogen and oxygen atoms in total. The summed E-state index contributed by atoms with van der Waals surface area (Å²) in [6.07, 6.45) is 0.270. The number of likely N-dealkylation sites (tertiary alicyclic amines) is 1. The number of ether oxygens (including phenoxy) is 1. The lowest BCUT2D eigenvalue weighted by Gasteiger charge is -2.17. The zero-order valence-corrected chi connectivity index (χ0v) is 12.3. The highest BCUT2D eigenvalue weighted by atomic mass is 32.2. The number of benzene rings is 1. The maximum atomic E-state index is 12.2. The summed E-state index contributed by atoms with van der Waals surface area (Å²) in [5.74, 6) is 0.710. The molecule has 0 saturated carbocycles. The lowest BCUT2D eigenvalue weighted by Crippen LogP contribution is -2.34. The van der Waals surface area contributed by atoms with Gasteiger partial charge in [0.15, 0.2) is 0 Å². The summed E-state index contributed by atoms with van der Waals surface area (Å²) in [4.78, 5) is 2.56. The van der Waals surface area contributed by atoms with Gasteiger partial charge in [0.1, 0.15) is 0 Å². The summed E-state index contributed by atoms with van der Waals surface area (Å²) in [5, 5.41) is 0. The van der Waals surface area contributed by atoms with Crippen LogP contribution in [-0.2, 0) is 14.8 Å². The topological polar surface area (TPSA) is 58.6 Å². The van der Waals surface area contributed by atoms with E-state index < -0.39 is 10.0 Å². The van der Waals surface area contributed by atoms with Crippen LogP contribution in [0.15, 0.2) is 35.2 Å². The number of sulfonamides is 1. The molecular weight excluding hydrogens is 276 g/mol. The minimum atomic E-state index is -3.41. The van der Waals surface area contributed by atoms with Gasteiger partial charge in [-0.15, -0.1) is 0 Å². The van der Waals surface area contributed by atoms with Gasteiger partial charge < -0.3 is 9.64 Å². The van der Waals surface area contributed by atoms with Gasteiger partial charge in [-0.2, -0.15) is 0 Å². The van der Waals surface area contributed by atoms with Gasteiger partial charge in [0.25, 0.3) is 0 Å². The number of nitrogens with zero attached hydrogens (tertiary/aromatic N) is 1. The molecule has 1 aromatic carbocycles. The summed E-state index contributed by atoms with van der Waals surface area (Å²) in [6.45, 7) is 3.04. The van der Waals surface area contributed by atoms with Crippen molar-refractivity contribution in [2.24, 2.45) is 11.8 Å². The van der Waals surface area contributed by atoms with Crippen molar-refractivity contribution in [3.05, 3.63) is 30.3 Å². The van der Waals surface area contributed by atoms with Crippen LogP contribution >= 0.6 is 0 Å². The fraction of sp³-hybridized carbons (Fsp3) is 0.571. The van der Waals surface area contributed by atoms with Crippen LogP contribution in [-0.4, -0.2) is 52.7 Å². The van der Waals surface area contributed by atoms with Gasteiger partial charge in [0.05, 0.1) is 17.6 Å². The molecule has 0 aromatic heterocycles. The van der Waals surface area contributed by atoms with Crippen molar-refractivity contribution in [1.29, 1.82) is 0 Å². The van der Waals surface area contributed by atoms with Crippen LogP contribution in [0.1, 0.15) is 0 Å². The average molecular weight is 296 g/mol. The highest BCUT2D eigenvalue weighted by Gasteiger charge is 2.42. The monoisotopic (exact) mass is 296 g/mol. The van der Waals surface area contributed by atoms with Gasteiger partial charge in [-0.1, -0.05) is 18.2 Å². The van der Waals surface area contributed by atoms with Gasteiger partial charge in [-0.25, -0.2) is 13.1 Å². The Morgan fingerprint density at radius 3 is 2.80 bits per heavy atom. The van der Waals surface area contributed by atoms with E-state index in [4.69, 9.17) is 4.74 Å². The molecule has 0 aliphatic carbocycles. The molecule has 0 spiro atoms. The quantitative estimate of drug-likeness (QED) is 0.881. The third kappa shape index (κ3) is 2.74. The van der Waals surface area contributed by atoms with Crippen LogP contribution in [0.3, 0.4) is 0 Å². The van der Waals surface area contributed by atoms with E-state index in [1.54, 1.807) is 24.3 Å². The van der Waals surface area contributed by atoms with Crippen molar-refractivity contribution in [2.45, 2.75) is 11.0 Å². The smallest absolute Gasteiger partial charge is 0.240 e. The molecule has 2 fully saturated rings. The first-order valence-corrected chi connectivity index (χ1v) is 8.39. The van der Waals surface area contributed by atoms with Crippen LogP contribution in [0.4, 0.5) is 0 Å². The summed E-state index contributed by atoms with van der Waals surface area (Å²) in [7, 11) is -1.33. The number of hydrogen-bond acceptors (Lipinski definition) is 4. The van der Waals surface area contributed by atoms with E-state index in [1.807, 2.05) is 6.07 Å². The minimum absolute atomic E-state index is 0.267. The van der Waals surface area contributed by atoms with Crippen LogP contribution in [0.2, 0.25) is 0 Å². The molecule has 0 bridgehead atoms. The second-order valence-corrected chi connectivity index (χ2v) is 7.45. The Morgan fingerprint density at radius 1 is 1.30 bits per heavy atom. The summed E-state index contributed by atoms with van der Waals surface area (Å²) >= 11 is 0. The first-order chi connectivity index (χ1) is 9.56. The lowest BCUT2D eigenvalue weighted by molar-refractivity contribution is 0.0988. The molecule has 2 saturated heterocycles. The minimum Gasteiger partial charge on any atom is -0.376 e. The number of nitrogens with one attached hydrogen (secondary N) is 1. The third-order valence-corrected chi connectivity index (χ3v) is 5.65. The Morgan fingerprint density at radius 2 is 2.05 bits per heavy atom. The zero-order valence-electron chi connectivity index (χ0n) is 11.5. The molecule has 2 heterocycles. The number of fused-ring (bicyclic) bond motifs is 1. The first kappa shape index (κ1) is 14.0. The molecule has 0 radical (unpaired) electrons. The summed E-state index contributed by atoms with van der Waals surface area (Å²) < 4.78 is 32.8. The molecule has 6 heteroatoms. The Hall–Kier alpha value is -0.950. The Kier molecular flexibility index (Phi) is 3.81. The zero-order chi connectivity index (χ0) is 14.2. The second kappa shape index (κ2) is 5.44. The molecular formula is C14H20N2O3S. The van der Waals surface area contributed by atoms with E-state index >= 15 is 0 Å². The molecule has 3 rings (SSSR count). The lowest BCUT2D eigenvalue weighted by atomic mass is 9.93. The fourth-order valence-corrected chi connectivity index (χ4v) is 4.22. The molecule has 20 heavy (non-hydrogen) atoms. The highest BCUT2D eigenvalue weighted by Crippen LogP contribution is 2.32. The van der Waals surface area contributed by atoms with Crippen LogP contribution < -0.4 is 4.72 Å². The molecule has 0 amide bonds.